The van der Waals surface area contributed by atoms with E-state index in [1.165, 1.54) is 12.0 Å². The highest BCUT2D eigenvalue weighted by atomic mass is 127. The van der Waals surface area contributed by atoms with Crippen molar-refractivity contribution in [3.05, 3.63) is 48.0 Å². The molecule has 0 spiro atoms. The molecule has 2 aromatic rings. The zero-order valence-corrected chi connectivity index (χ0v) is 16.6. The van der Waals surface area contributed by atoms with Crippen molar-refractivity contribution in [1.82, 2.24) is 25.0 Å². The Hall–Kier alpha value is -1.64. The maximum atomic E-state index is 4.74. The van der Waals surface area contributed by atoms with Crippen LogP contribution in [-0.2, 0) is 13.6 Å². The molecular weight excluding hydrogens is 415 g/mol. The first-order chi connectivity index (χ1) is 11.3. The summed E-state index contributed by atoms with van der Waals surface area (Å²) in [6.07, 6.45) is 2.87. The number of rotatable bonds is 4. The Balaban J connectivity index is 0.00000208. The minimum absolute atomic E-state index is 0. The second-order valence-corrected chi connectivity index (χ2v) is 5.87. The van der Waals surface area contributed by atoms with Gasteiger partial charge in [-0.1, -0.05) is 30.3 Å². The minimum Gasteiger partial charge on any atom is -0.357 e. The predicted molar refractivity (Wildman–Crippen MR) is 107 cm³/mol. The van der Waals surface area contributed by atoms with Gasteiger partial charge in [0.1, 0.15) is 12.9 Å². The van der Waals surface area contributed by atoms with Gasteiger partial charge >= 0.3 is 0 Å². The van der Waals surface area contributed by atoms with Crippen molar-refractivity contribution in [2.75, 3.05) is 19.6 Å². The zero-order valence-electron chi connectivity index (χ0n) is 14.2. The fraction of sp³-hybridized carbons (Fsp3) is 0.471. The van der Waals surface area contributed by atoms with Crippen molar-refractivity contribution in [2.24, 2.45) is 12.0 Å². The van der Waals surface area contributed by atoms with E-state index in [0.717, 1.165) is 31.4 Å². The van der Waals surface area contributed by atoms with Gasteiger partial charge in [-0.05, 0) is 18.9 Å². The van der Waals surface area contributed by atoms with E-state index in [-0.39, 0.29) is 24.0 Å². The van der Waals surface area contributed by atoms with E-state index in [2.05, 4.69) is 57.7 Å². The van der Waals surface area contributed by atoms with Crippen molar-refractivity contribution >= 4 is 29.9 Å². The molecule has 1 aliphatic heterocycles. The Morgan fingerprint density at radius 2 is 2.12 bits per heavy atom. The minimum atomic E-state index is 0. The third kappa shape index (κ3) is 4.46. The number of benzene rings is 1. The van der Waals surface area contributed by atoms with Gasteiger partial charge in [0.25, 0.3) is 0 Å². The lowest BCUT2D eigenvalue weighted by molar-refractivity contribution is 0.485. The number of hydrogen-bond acceptors (Lipinski definition) is 3. The van der Waals surface area contributed by atoms with Crippen molar-refractivity contribution in [2.45, 2.75) is 25.8 Å². The Bertz CT molecular complexity index is 654. The maximum absolute atomic E-state index is 4.74. The maximum Gasteiger partial charge on any atom is 0.194 e. The summed E-state index contributed by atoms with van der Waals surface area (Å²) in [5.74, 6) is 2.42. The molecule has 1 fully saturated rings. The largest absolute Gasteiger partial charge is 0.357 e. The van der Waals surface area contributed by atoms with Gasteiger partial charge in [-0.25, -0.2) is 4.99 Å². The highest BCUT2D eigenvalue weighted by molar-refractivity contribution is 14.0. The fourth-order valence-electron chi connectivity index (χ4n) is 2.97. The first kappa shape index (κ1) is 18.7. The van der Waals surface area contributed by atoms with Gasteiger partial charge in [-0.15, -0.1) is 34.2 Å². The number of aryl methyl sites for hydroxylation is 1. The fourth-order valence-corrected chi connectivity index (χ4v) is 2.97. The molecule has 1 aromatic heterocycles. The first-order valence-electron chi connectivity index (χ1n) is 8.19. The molecule has 1 saturated heterocycles. The van der Waals surface area contributed by atoms with Crippen molar-refractivity contribution in [3.63, 3.8) is 0 Å². The normalized spacial score (nSPS) is 17.7. The monoisotopic (exact) mass is 440 g/mol. The molecule has 7 heteroatoms. The van der Waals surface area contributed by atoms with Gasteiger partial charge < -0.3 is 14.8 Å². The molecule has 0 aliphatic carbocycles. The third-order valence-corrected chi connectivity index (χ3v) is 4.27. The predicted octanol–water partition coefficient (Wildman–Crippen LogP) is 2.39. The third-order valence-electron chi connectivity index (χ3n) is 4.27. The molecule has 1 aromatic carbocycles. The van der Waals surface area contributed by atoms with Crippen LogP contribution in [0, 0.1) is 0 Å². The number of guanidine groups is 1. The van der Waals surface area contributed by atoms with Crippen molar-refractivity contribution in [3.8, 4) is 0 Å². The topological polar surface area (TPSA) is 58.3 Å². The van der Waals surface area contributed by atoms with Crippen LogP contribution in [-0.4, -0.2) is 45.3 Å². The van der Waals surface area contributed by atoms with Crippen molar-refractivity contribution in [1.29, 1.82) is 0 Å². The lowest BCUT2D eigenvalue weighted by atomic mass is 9.99. The molecule has 3 rings (SSSR count). The van der Waals surface area contributed by atoms with Crippen LogP contribution in [0.2, 0.25) is 0 Å². The molecule has 2 heterocycles. The lowest BCUT2D eigenvalue weighted by Gasteiger charge is -2.21. The van der Waals surface area contributed by atoms with Crippen molar-refractivity contribution < 1.29 is 0 Å². The molecule has 0 radical (unpaired) electrons. The second-order valence-electron chi connectivity index (χ2n) is 5.87. The molecule has 6 nitrogen and oxygen atoms in total. The summed E-state index contributed by atoms with van der Waals surface area (Å²) in [4.78, 5) is 7.08. The Labute approximate surface area is 160 Å². The molecule has 0 bridgehead atoms. The van der Waals surface area contributed by atoms with E-state index < -0.39 is 0 Å². The summed E-state index contributed by atoms with van der Waals surface area (Å²) in [7, 11) is 1.94. The van der Waals surface area contributed by atoms with Gasteiger partial charge in [0.05, 0.1) is 0 Å². The number of aliphatic imine (C=N–C) groups is 1. The van der Waals surface area contributed by atoms with E-state index in [0.29, 0.717) is 12.5 Å². The van der Waals surface area contributed by atoms with Gasteiger partial charge in [-0.3, -0.25) is 0 Å². The Morgan fingerprint density at radius 1 is 1.33 bits per heavy atom. The number of hydrogen-bond donors (Lipinski definition) is 1. The number of likely N-dealkylation sites (tertiary alicyclic amines) is 1. The SMILES string of the molecule is CCNC(=NCc1nncn1C)N1CCC(c2ccccc2)C1.I. The lowest BCUT2D eigenvalue weighted by Crippen LogP contribution is -2.40. The van der Waals surface area contributed by atoms with E-state index in [4.69, 9.17) is 4.99 Å². The average Bonchev–Trinajstić information content (AvgIpc) is 3.22. The molecular formula is C17H25IN6. The molecule has 0 saturated carbocycles. The van der Waals surface area contributed by atoms with Gasteiger partial charge in [-0.2, -0.15) is 0 Å². The standard InChI is InChI=1S/C17H24N6.HI/c1-3-18-17(19-11-16-21-20-13-22(16)2)23-10-9-15(12-23)14-7-5-4-6-8-14;/h4-8,13,15H,3,9-12H2,1-2H3,(H,18,19);1H. The van der Waals surface area contributed by atoms with Crippen LogP contribution in [0.3, 0.4) is 0 Å². The summed E-state index contributed by atoms with van der Waals surface area (Å²) in [5.41, 5.74) is 1.42. The van der Waals surface area contributed by atoms with Crippen LogP contribution < -0.4 is 5.32 Å². The molecule has 1 aliphatic rings. The van der Waals surface area contributed by atoms with Crippen LogP contribution in [0.25, 0.3) is 0 Å². The molecule has 1 N–H and O–H groups in total. The average molecular weight is 440 g/mol. The van der Waals surface area contributed by atoms with Crippen LogP contribution in [0.5, 0.6) is 0 Å². The Kier molecular flexibility index (Phi) is 7.01. The molecule has 130 valence electrons. The summed E-state index contributed by atoms with van der Waals surface area (Å²) < 4.78 is 1.91. The molecule has 1 unspecified atom stereocenters. The second kappa shape index (κ2) is 9.00. The highest BCUT2D eigenvalue weighted by Crippen LogP contribution is 2.26. The number of nitrogens with zero attached hydrogens (tertiary/aromatic N) is 5. The molecule has 1 atom stereocenters. The first-order valence-corrected chi connectivity index (χ1v) is 8.19. The van der Waals surface area contributed by atoms with Gasteiger partial charge in [0.15, 0.2) is 11.8 Å². The van der Waals surface area contributed by atoms with Crippen LogP contribution in [0.1, 0.15) is 30.7 Å². The van der Waals surface area contributed by atoms with Gasteiger partial charge in [0, 0.05) is 32.6 Å². The van der Waals surface area contributed by atoms with Gasteiger partial charge in [0.2, 0.25) is 0 Å². The summed E-state index contributed by atoms with van der Waals surface area (Å²) in [6, 6.07) is 10.7. The number of halogens is 1. The summed E-state index contributed by atoms with van der Waals surface area (Å²) in [5, 5.41) is 11.4. The molecule has 0 amide bonds. The van der Waals surface area contributed by atoms with Crippen LogP contribution in [0.15, 0.2) is 41.7 Å². The quantitative estimate of drug-likeness (QED) is 0.451. The van der Waals surface area contributed by atoms with E-state index >= 15 is 0 Å². The molecule has 24 heavy (non-hydrogen) atoms. The van der Waals surface area contributed by atoms with Crippen LogP contribution >= 0.6 is 24.0 Å². The van der Waals surface area contributed by atoms with E-state index in [1.807, 2.05) is 11.6 Å². The van der Waals surface area contributed by atoms with E-state index in [1.54, 1.807) is 6.33 Å². The number of aromatic nitrogens is 3. The summed E-state index contributed by atoms with van der Waals surface area (Å²) >= 11 is 0. The van der Waals surface area contributed by atoms with Crippen LogP contribution in [0.4, 0.5) is 0 Å². The number of nitrogens with one attached hydrogen (secondary N) is 1. The smallest absolute Gasteiger partial charge is 0.194 e. The summed E-state index contributed by atoms with van der Waals surface area (Å²) in [6.45, 7) is 5.55. The Morgan fingerprint density at radius 3 is 2.79 bits per heavy atom. The zero-order chi connectivity index (χ0) is 16.1. The highest BCUT2D eigenvalue weighted by Gasteiger charge is 2.25. The van der Waals surface area contributed by atoms with E-state index in [9.17, 15) is 0 Å².